The predicted molar refractivity (Wildman–Crippen MR) is 46.3 cm³/mol. The minimum absolute atomic E-state index is 0.0666. The first-order chi connectivity index (χ1) is 6.00. The van der Waals surface area contributed by atoms with Gasteiger partial charge in [-0.3, -0.25) is 15.1 Å². The van der Waals surface area contributed by atoms with Gasteiger partial charge in [0.25, 0.3) is 10.1 Å². The average Bonchev–Trinajstić information content (AvgIpc) is 2.07. The van der Waals surface area contributed by atoms with E-state index in [9.17, 15) is 8.42 Å². The third-order valence-corrected chi connectivity index (χ3v) is 2.19. The number of rotatable bonds is 1. The van der Waals surface area contributed by atoms with Crippen LogP contribution >= 0.6 is 0 Å². The topological polar surface area (TPSA) is 94.8 Å². The van der Waals surface area contributed by atoms with Crippen molar-refractivity contribution in [2.75, 3.05) is 0 Å². The lowest BCUT2D eigenvalue weighted by Gasteiger charge is -1.95. The molecule has 0 aliphatic carbocycles. The monoisotopic (exact) mass is 206 g/mol. The normalized spacial score (nSPS) is 10.2. The summed E-state index contributed by atoms with van der Waals surface area (Å²) in [5.41, 5.74) is 0.956. The van der Waals surface area contributed by atoms with Gasteiger partial charge in [-0.25, -0.2) is 0 Å². The van der Waals surface area contributed by atoms with Gasteiger partial charge in [-0.15, -0.1) is 0 Å². The number of benzene rings is 1. The Morgan fingerprint density at radius 2 is 1.46 bits per heavy atom. The van der Waals surface area contributed by atoms with Crippen LogP contribution in [0.4, 0.5) is 0 Å². The van der Waals surface area contributed by atoms with Crippen LogP contribution in [0, 0.1) is 6.92 Å². The Morgan fingerprint density at radius 3 is 1.77 bits per heavy atom. The number of aryl methyl sites for hydroxylation is 1. The summed E-state index contributed by atoms with van der Waals surface area (Å²) in [6, 6.07) is 5.99. The Morgan fingerprint density at radius 1 is 1.08 bits per heavy atom. The molecule has 0 spiro atoms. The minimum Gasteiger partial charge on any atom is -0.282 e. The van der Waals surface area contributed by atoms with Crippen molar-refractivity contribution < 1.29 is 23.5 Å². The van der Waals surface area contributed by atoms with Crippen LogP contribution in [0.15, 0.2) is 29.2 Å². The molecule has 0 atom stereocenters. The van der Waals surface area contributed by atoms with Crippen molar-refractivity contribution in [3.8, 4) is 0 Å². The van der Waals surface area contributed by atoms with Gasteiger partial charge in [0.15, 0.2) is 0 Å². The molecule has 0 amide bonds. The van der Waals surface area contributed by atoms with E-state index in [1.54, 1.807) is 12.1 Å². The molecule has 0 aliphatic heterocycles. The molecule has 1 aromatic rings. The number of hydrogen-bond donors (Lipinski definition) is 3. The fourth-order valence-corrected chi connectivity index (χ4v) is 1.19. The van der Waals surface area contributed by atoms with E-state index in [4.69, 9.17) is 15.1 Å². The Kier molecular flexibility index (Phi) is 4.57. The van der Waals surface area contributed by atoms with E-state index in [-0.39, 0.29) is 4.90 Å². The second kappa shape index (κ2) is 4.93. The van der Waals surface area contributed by atoms with Gasteiger partial charge in [-0.05, 0) is 19.1 Å². The maximum absolute atomic E-state index is 10.5. The summed E-state index contributed by atoms with van der Waals surface area (Å²) in [4.78, 5) is -0.0666. The third-order valence-electron chi connectivity index (χ3n) is 1.32. The molecule has 0 radical (unpaired) electrons. The van der Waals surface area contributed by atoms with Gasteiger partial charge in [0.2, 0.25) is 0 Å². The zero-order valence-corrected chi connectivity index (χ0v) is 7.69. The molecule has 3 N–H and O–H groups in total. The SMILES string of the molecule is Cc1ccc(S(=O)(=O)O)cc1.OO. The second-order valence-corrected chi connectivity index (χ2v) is 3.71. The van der Waals surface area contributed by atoms with E-state index in [0.717, 1.165) is 5.56 Å². The van der Waals surface area contributed by atoms with E-state index < -0.39 is 10.1 Å². The van der Waals surface area contributed by atoms with E-state index in [0.29, 0.717) is 0 Å². The second-order valence-electron chi connectivity index (χ2n) is 2.29. The summed E-state index contributed by atoms with van der Waals surface area (Å²) in [6.45, 7) is 1.84. The lowest BCUT2D eigenvalue weighted by atomic mass is 10.2. The molecule has 74 valence electrons. The maximum Gasteiger partial charge on any atom is 0.294 e. The highest BCUT2D eigenvalue weighted by atomic mass is 32.2. The fourth-order valence-electron chi connectivity index (χ4n) is 0.710. The molecule has 13 heavy (non-hydrogen) atoms. The molecule has 1 rings (SSSR count). The predicted octanol–water partition coefficient (Wildman–Crippen LogP) is 1.26. The molecule has 0 heterocycles. The summed E-state index contributed by atoms with van der Waals surface area (Å²) < 4.78 is 29.6. The smallest absolute Gasteiger partial charge is 0.282 e. The van der Waals surface area contributed by atoms with Crippen LogP contribution in [-0.4, -0.2) is 23.5 Å². The van der Waals surface area contributed by atoms with Crippen LogP contribution in [0.1, 0.15) is 5.56 Å². The van der Waals surface area contributed by atoms with Crippen molar-refractivity contribution in [3.05, 3.63) is 29.8 Å². The maximum atomic E-state index is 10.5. The molecule has 0 fully saturated rings. The molecule has 5 nitrogen and oxygen atoms in total. The van der Waals surface area contributed by atoms with Gasteiger partial charge < -0.3 is 0 Å². The minimum atomic E-state index is -4.02. The fraction of sp³-hybridized carbons (Fsp3) is 0.143. The lowest BCUT2D eigenvalue weighted by Crippen LogP contribution is -1.96. The van der Waals surface area contributed by atoms with E-state index in [1.165, 1.54) is 12.1 Å². The van der Waals surface area contributed by atoms with Crippen LogP contribution in [-0.2, 0) is 10.1 Å². The van der Waals surface area contributed by atoms with Crippen LogP contribution in [0.25, 0.3) is 0 Å². The van der Waals surface area contributed by atoms with Crippen molar-refractivity contribution in [3.63, 3.8) is 0 Å². The van der Waals surface area contributed by atoms with Gasteiger partial charge in [0.1, 0.15) is 0 Å². The molecule has 0 aliphatic rings. The summed E-state index contributed by atoms with van der Waals surface area (Å²) in [5, 5.41) is 12.0. The summed E-state index contributed by atoms with van der Waals surface area (Å²) >= 11 is 0. The summed E-state index contributed by atoms with van der Waals surface area (Å²) in [5.74, 6) is 0. The Balaban J connectivity index is 0.000000671. The average molecular weight is 206 g/mol. The van der Waals surface area contributed by atoms with E-state index in [2.05, 4.69) is 0 Å². The van der Waals surface area contributed by atoms with Crippen LogP contribution in [0.2, 0.25) is 0 Å². The standard InChI is InChI=1S/C7H8O3S.H2O2/c1-6-2-4-7(5-3-6)11(8,9)10;1-2/h2-5H,1H3,(H,8,9,10);1-2H. The lowest BCUT2D eigenvalue weighted by molar-refractivity contribution is -0.176. The number of hydrogen-bond acceptors (Lipinski definition) is 4. The van der Waals surface area contributed by atoms with E-state index in [1.807, 2.05) is 6.92 Å². The van der Waals surface area contributed by atoms with Crippen molar-refractivity contribution in [2.24, 2.45) is 0 Å². The summed E-state index contributed by atoms with van der Waals surface area (Å²) in [6.07, 6.45) is 0. The van der Waals surface area contributed by atoms with E-state index >= 15 is 0 Å². The molecule has 1 aromatic carbocycles. The van der Waals surface area contributed by atoms with Crippen molar-refractivity contribution in [1.82, 2.24) is 0 Å². The Bertz CT molecular complexity index is 340. The van der Waals surface area contributed by atoms with Crippen LogP contribution < -0.4 is 0 Å². The highest BCUT2D eigenvalue weighted by Gasteiger charge is 2.06. The van der Waals surface area contributed by atoms with Crippen LogP contribution in [0.3, 0.4) is 0 Å². The van der Waals surface area contributed by atoms with Crippen molar-refractivity contribution >= 4 is 10.1 Å². The largest absolute Gasteiger partial charge is 0.294 e. The molecule has 6 heteroatoms. The van der Waals surface area contributed by atoms with Crippen molar-refractivity contribution in [2.45, 2.75) is 11.8 Å². The highest BCUT2D eigenvalue weighted by molar-refractivity contribution is 7.85. The van der Waals surface area contributed by atoms with Crippen molar-refractivity contribution in [1.29, 1.82) is 0 Å². The summed E-state index contributed by atoms with van der Waals surface area (Å²) in [7, 11) is -4.02. The molecule has 0 saturated carbocycles. The first-order valence-corrected chi connectivity index (χ1v) is 4.68. The molecule has 0 bridgehead atoms. The van der Waals surface area contributed by atoms with Gasteiger partial charge in [0, 0.05) is 0 Å². The Hall–Kier alpha value is -0.950. The molecule has 0 saturated heterocycles. The van der Waals surface area contributed by atoms with Gasteiger partial charge in [-0.1, -0.05) is 17.7 Å². The Labute approximate surface area is 75.9 Å². The highest BCUT2D eigenvalue weighted by Crippen LogP contribution is 2.08. The molecule has 0 aromatic heterocycles. The van der Waals surface area contributed by atoms with Gasteiger partial charge in [0.05, 0.1) is 4.90 Å². The molecular weight excluding hydrogens is 196 g/mol. The third kappa shape index (κ3) is 4.00. The van der Waals surface area contributed by atoms with Gasteiger partial charge in [-0.2, -0.15) is 8.42 Å². The zero-order valence-electron chi connectivity index (χ0n) is 6.88. The molecular formula is C7H10O5S. The first kappa shape index (κ1) is 12.0. The zero-order chi connectivity index (χ0) is 10.5. The van der Waals surface area contributed by atoms with Crippen LogP contribution in [0.5, 0.6) is 0 Å². The van der Waals surface area contributed by atoms with Gasteiger partial charge >= 0.3 is 0 Å². The molecule has 0 unspecified atom stereocenters. The first-order valence-electron chi connectivity index (χ1n) is 3.24. The quantitative estimate of drug-likeness (QED) is 0.365.